The van der Waals surface area contributed by atoms with Crippen LogP contribution in [0.25, 0.3) is 0 Å². The highest BCUT2D eigenvalue weighted by Gasteiger charge is 2.10. The molecule has 0 heterocycles. The molecule has 0 unspecified atom stereocenters. The minimum Gasteiger partial charge on any atom is -0.495 e. The van der Waals surface area contributed by atoms with Crippen molar-refractivity contribution in [2.24, 2.45) is 0 Å². The van der Waals surface area contributed by atoms with Gasteiger partial charge in [-0.1, -0.05) is 41.9 Å². The Balaban J connectivity index is 1.74. The molecule has 2 aromatic rings. The quantitative estimate of drug-likeness (QED) is 0.714. The van der Waals surface area contributed by atoms with Crippen molar-refractivity contribution in [3.8, 4) is 5.75 Å². The normalized spacial score (nSPS) is 10.5. The van der Waals surface area contributed by atoms with Crippen LogP contribution in [0.3, 0.4) is 0 Å². The second-order valence-corrected chi connectivity index (χ2v) is 5.99. The molecule has 0 aromatic heterocycles. The molecular weight excluding hydrogens is 324 g/mol. The van der Waals surface area contributed by atoms with E-state index >= 15 is 0 Å². The maximum atomic E-state index is 12.1. The van der Waals surface area contributed by atoms with Crippen LogP contribution in [0.4, 0.5) is 5.69 Å². The van der Waals surface area contributed by atoms with Crippen molar-refractivity contribution in [2.75, 3.05) is 25.5 Å². The maximum Gasteiger partial charge on any atom is 0.225 e. The van der Waals surface area contributed by atoms with Gasteiger partial charge in [-0.25, -0.2) is 0 Å². The molecule has 2 N–H and O–H groups in total. The van der Waals surface area contributed by atoms with E-state index in [1.54, 1.807) is 13.2 Å². The van der Waals surface area contributed by atoms with Crippen LogP contribution in [0, 0.1) is 6.92 Å². The van der Waals surface area contributed by atoms with E-state index in [2.05, 4.69) is 22.8 Å². The average Bonchev–Trinajstić information content (AvgIpc) is 2.58. The zero-order valence-electron chi connectivity index (χ0n) is 14.1. The summed E-state index contributed by atoms with van der Waals surface area (Å²) in [6, 6.07) is 13.8. The first-order valence-corrected chi connectivity index (χ1v) is 8.36. The van der Waals surface area contributed by atoms with Crippen molar-refractivity contribution in [1.29, 1.82) is 0 Å². The van der Waals surface area contributed by atoms with Gasteiger partial charge in [0.15, 0.2) is 0 Å². The van der Waals surface area contributed by atoms with E-state index in [1.165, 1.54) is 5.56 Å². The number of nitrogens with one attached hydrogen (secondary N) is 2. The summed E-state index contributed by atoms with van der Waals surface area (Å²) in [5.41, 5.74) is 2.83. The number of carbonyl (C=O) groups excluding carboxylic acids is 1. The van der Waals surface area contributed by atoms with Crippen LogP contribution in [0.2, 0.25) is 5.02 Å². The van der Waals surface area contributed by atoms with Crippen molar-refractivity contribution in [3.63, 3.8) is 0 Å². The lowest BCUT2D eigenvalue weighted by Gasteiger charge is -2.12. The van der Waals surface area contributed by atoms with Gasteiger partial charge in [0.25, 0.3) is 0 Å². The number of methoxy groups -OCH3 is 1. The van der Waals surface area contributed by atoms with Crippen LogP contribution in [-0.2, 0) is 11.2 Å². The summed E-state index contributed by atoms with van der Waals surface area (Å²) in [6.07, 6.45) is 1.35. The lowest BCUT2D eigenvalue weighted by Crippen LogP contribution is -2.23. The van der Waals surface area contributed by atoms with Gasteiger partial charge in [-0.3, -0.25) is 4.79 Å². The fourth-order valence-corrected chi connectivity index (χ4v) is 2.50. The van der Waals surface area contributed by atoms with E-state index in [0.29, 0.717) is 29.4 Å². The van der Waals surface area contributed by atoms with Crippen LogP contribution in [-0.4, -0.2) is 26.1 Å². The van der Waals surface area contributed by atoms with Gasteiger partial charge >= 0.3 is 0 Å². The van der Waals surface area contributed by atoms with Gasteiger partial charge in [-0.15, -0.1) is 0 Å². The Bertz CT molecular complexity index is 675. The monoisotopic (exact) mass is 346 g/mol. The molecule has 0 saturated carbocycles. The molecule has 1 amide bonds. The SMILES string of the molecule is COc1cc(Cl)c(C)cc1NC(=O)CCNCCc1ccccc1. The first-order valence-electron chi connectivity index (χ1n) is 7.99. The van der Waals surface area contributed by atoms with E-state index in [9.17, 15) is 4.79 Å². The van der Waals surface area contributed by atoms with E-state index in [4.69, 9.17) is 16.3 Å². The van der Waals surface area contributed by atoms with Gasteiger partial charge in [0.1, 0.15) is 5.75 Å². The van der Waals surface area contributed by atoms with E-state index < -0.39 is 0 Å². The Morgan fingerprint density at radius 2 is 1.92 bits per heavy atom. The number of amides is 1. The van der Waals surface area contributed by atoms with Crippen molar-refractivity contribution in [3.05, 3.63) is 58.6 Å². The van der Waals surface area contributed by atoms with Crippen LogP contribution in [0.1, 0.15) is 17.5 Å². The first-order chi connectivity index (χ1) is 11.6. The van der Waals surface area contributed by atoms with Crippen LogP contribution in [0.5, 0.6) is 5.75 Å². The third-order valence-corrected chi connectivity index (χ3v) is 4.12. The van der Waals surface area contributed by atoms with E-state index in [0.717, 1.165) is 18.5 Å². The molecule has 0 atom stereocenters. The molecule has 24 heavy (non-hydrogen) atoms. The molecule has 0 aliphatic heterocycles. The minimum absolute atomic E-state index is 0.0535. The summed E-state index contributed by atoms with van der Waals surface area (Å²) >= 11 is 6.07. The van der Waals surface area contributed by atoms with Crippen LogP contribution < -0.4 is 15.4 Å². The summed E-state index contributed by atoms with van der Waals surface area (Å²) in [7, 11) is 1.56. The predicted molar refractivity (Wildman–Crippen MR) is 99.0 cm³/mol. The number of hydrogen-bond acceptors (Lipinski definition) is 3. The predicted octanol–water partition coefficient (Wildman–Crippen LogP) is 3.82. The molecule has 4 nitrogen and oxygen atoms in total. The fourth-order valence-electron chi connectivity index (χ4n) is 2.35. The summed E-state index contributed by atoms with van der Waals surface area (Å²) < 4.78 is 5.26. The highest BCUT2D eigenvalue weighted by atomic mass is 35.5. The van der Waals surface area contributed by atoms with Gasteiger partial charge in [0.2, 0.25) is 5.91 Å². The number of hydrogen-bond donors (Lipinski definition) is 2. The molecule has 2 rings (SSSR count). The second-order valence-electron chi connectivity index (χ2n) is 5.59. The molecular formula is C19H23ClN2O2. The fraction of sp³-hybridized carbons (Fsp3) is 0.316. The Morgan fingerprint density at radius 3 is 2.62 bits per heavy atom. The lowest BCUT2D eigenvalue weighted by molar-refractivity contribution is -0.116. The number of halogens is 1. The summed E-state index contributed by atoms with van der Waals surface area (Å²) in [4.78, 5) is 12.1. The highest BCUT2D eigenvalue weighted by molar-refractivity contribution is 6.31. The molecule has 0 fully saturated rings. The third kappa shape index (κ3) is 5.55. The molecule has 128 valence electrons. The summed E-state index contributed by atoms with van der Waals surface area (Å²) in [5, 5.41) is 6.78. The second kappa shape index (κ2) is 9.30. The molecule has 0 saturated heterocycles. The average molecular weight is 347 g/mol. The van der Waals surface area contributed by atoms with Gasteiger partial charge in [0.05, 0.1) is 12.8 Å². The topological polar surface area (TPSA) is 50.4 Å². The number of aryl methyl sites for hydroxylation is 1. The van der Waals surface area contributed by atoms with Gasteiger partial charge in [-0.05, 0) is 37.1 Å². The van der Waals surface area contributed by atoms with Crippen LogP contribution in [0.15, 0.2) is 42.5 Å². The van der Waals surface area contributed by atoms with Crippen molar-refractivity contribution in [1.82, 2.24) is 5.32 Å². The lowest BCUT2D eigenvalue weighted by atomic mass is 10.1. The summed E-state index contributed by atoms with van der Waals surface area (Å²) in [6.45, 7) is 3.37. The van der Waals surface area contributed by atoms with Crippen molar-refractivity contribution >= 4 is 23.2 Å². The Hall–Kier alpha value is -2.04. The van der Waals surface area contributed by atoms with E-state index in [1.807, 2.05) is 31.2 Å². The molecule has 0 spiro atoms. The number of benzene rings is 2. The molecule has 5 heteroatoms. The minimum atomic E-state index is -0.0535. The zero-order valence-corrected chi connectivity index (χ0v) is 14.8. The Morgan fingerprint density at radius 1 is 1.17 bits per heavy atom. The number of ether oxygens (including phenoxy) is 1. The number of anilines is 1. The standard InChI is InChI=1S/C19H23ClN2O2/c1-14-12-17(18(24-2)13-16(14)20)22-19(23)9-11-21-10-8-15-6-4-3-5-7-15/h3-7,12-13,21H,8-11H2,1-2H3,(H,22,23). The molecule has 0 bridgehead atoms. The highest BCUT2D eigenvalue weighted by Crippen LogP contribution is 2.30. The maximum absolute atomic E-state index is 12.1. The van der Waals surface area contributed by atoms with Crippen molar-refractivity contribution in [2.45, 2.75) is 19.8 Å². The smallest absolute Gasteiger partial charge is 0.225 e. The van der Waals surface area contributed by atoms with Crippen molar-refractivity contribution < 1.29 is 9.53 Å². The summed E-state index contributed by atoms with van der Waals surface area (Å²) in [5.74, 6) is 0.512. The Kier molecular flexibility index (Phi) is 7.09. The van der Waals surface area contributed by atoms with E-state index in [-0.39, 0.29) is 5.91 Å². The largest absolute Gasteiger partial charge is 0.495 e. The number of rotatable bonds is 8. The zero-order chi connectivity index (χ0) is 17.4. The molecule has 2 aromatic carbocycles. The number of carbonyl (C=O) groups is 1. The molecule has 0 radical (unpaired) electrons. The third-order valence-electron chi connectivity index (χ3n) is 3.72. The molecule has 0 aliphatic rings. The molecule has 0 aliphatic carbocycles. The van der Waals surface area contributed by atoms with Gasteiger partial charge in [0, 0.05) is 24.1 Å². The first kappa shape index (κ1) is 18.3. The van der Waals surface area contributed by atoms with Gasteiger partial charge < -0.3 is 15.4 Å². The van der Waals surface area contributed by atoms with Gasteiger partial charge in [-0.2, -0.15) is 0 Å². The Labute approximate surface area is 148 Å². The van der Waals surface area contributed by atoms with Crippen LogP contribution >= 0.6 is 11.6 Å².